The van der Waals surface area contributed by atoms with Gasteiger partial charge in [0.1, 0.15) is 0 Å². The van der Waals surface area contributed by atoms with Crippen LogP contribution in [0.25, 0.3) is 42.7 Å². The Balaban J connectivity index is 1.04. The van der Waals surface area contributed by atoms with Crippen molar-refractivity contribution in [2.45, 2.75) is 113 Å². The van der Waals surface area contributed by atoms with Gasteiger partial charge in [0, 0.05) is 69.2 Å². The van der Waals surface area contributed by atoms with Crippen LogP contribution in [0.15, 0.2) is 70.1 Å². The first kappa shape index (κ1) is 42.6. The topological polar surface area (TPSA) is 90.4 Å². The maximum atomic E-state index is 14.8. The van der Waals surface area contributed by atoms with Gasteiger partial charge in [0.2, 0.25) is 0 Å². The summed E-state index contributed by atoms with van der Waals surface area (Å²) in [5, 5.41) is 20.2. The van der Waals surface area contributed by atoms with E-state index in [9.17, 15) is 37.7 Å². The van der Waals surface area contributed by atoms with Gasteiger partial charge in [0.25, 0.3) is 11.4 Å². The fraction of sp³-hybridized carbons (Fsp3) is 0.321. The van der Waals surface area contributed by atoms with Crippen molar-refractivity contribution in [3.63, 3.8) is 0 Å². The number of ketones is 2. The number of hydrogen-bond acceptors (Lipinski definition) is 6. The normalized spacial score (nSPS) is 23.4. The summed E-state index contributed by atoms with van der Waals surface area (Å²) in [6, 6.07) is 7.42. The molecule has 3 spiro atoms. The summed E-state index contributed by atoms with van der Waals surface area (Å²) in [6.07, 6.45) is 22.3. The Morgan fingerprint density at radius 3 is 1.21 bits per heavy atom. The van der Waals surface area contributed by atoms with Gasteiger partial charge in [-0.3, -0.25) is 9.59 Å². The van der Waals surface area contributed by atoms with Gasteiger partial charge in [-0.05, 0) is 132 Å². The molecule has 12 rings (SSSR count). The van der Waals surface area contributed by atoms with E-state index in [0.29, 0.717) is 0 Å². The molecule has 0 aliphatic heterocycles. The number of thiophene rings is 2. The summed E-state index contributed by atoms with van der Waals surface area (Å²) in [7, 11) is 0. The fourth-order valence-corrected chi connectivity index (χ4v) is 16.8. The van der Waals surface area contributed by atoms with E-state index in [4.69, 9.17) is 13.1 Å². The standard InChI is InChI=1S/C56H38F4N4O2S2/c1-63-40(26-61)44-30-22-36(57)38(59)24-32(30)50(65)34(44)18-28-20-42-46(54(28)12-6-3-7-13-54)48-52(67-42)53-49(56(48)16-10-5-11-17-56)47-43(68-53)21-29(55(47)14-8-4-9-15-55)19-35-45(41(27-62)64-2)31-23-37(58)39(60)25-33(31)51(35)66/h18-25H,3-17H2/b34-18-,35-19+,44-40+,45-41?. The number of benzene rings is 2. The quantitative estimate of drug-likeness (QED) is 0.0866. The van der Waals surface area contributed by atoms with Gasteiger partial charge in [0.15, 0.2) is 34.8 Å². The van der Waals surface area contributed by atoms with Crippen LogP contribution in [0.4, 0.5) is 17.6 Å². The van der Waals surface area contributed by atoms with Crippen molar-refractivity contribution in [2.24, 2.45) is 0 Å². The molecule has 8 aliphatic carbocycles. The molecule has 6 nitrogen and oxygen atoms in total. The SMILES string of the molecule is [C-]#[N+]C(C#N)=C1/C(=C\C2=Cc3sc4c(c3C23CCCCC3)C2(CCCCC2)c2c-4sc3c2C2(CCCCC2)C(/C=C2\C(=O)c4cc(F)c(F)cc4\C2=C(\C#N)[N+]#[C-])=C3)C(=O)c2cc(F)c(F)cc21. The van der Waals surface area contributed by atoms with E-state index in [2.05, 4.69) is 21.8 Å². The molecule has 0 atom stereocenters. The molecule has 8 aliphatic rings. The van der Waals surface area contributed by atoms with Crippen molar-refractivity contribution in [1.29, 1.82) is 10.5 Å². The summed E-state index contributed by atoms with van der Waals surface area (Å²) >= 11 is 3.57. The zero-order chi connectivity index (χ0) is 47.0. The minimum absolute atomic E-state index is 0.0364. The smallest absolute Gasteiger partial charge is 0.270 e. The molecule has 0 saturated heterocycles. The Morgan fingerprint density at radius 2 is 0.868 bits per heavy atom. The van der Waals surface area contributed by atoms with Crippen LogP contribution in [0.5, 0.6) is 0 Å². The minimum atomic E-state index is -1.17. The van der Waals surface area contributed by atoms with Crippen molar-refractivity contribution in [1.82, 2.24) is 0 Å². The fourth-order valence-electron chi connectivity index (χ4n) is 13.7. The molecule has 0 unspecified atom stereocenters. The first-order valence-corrected chi connectivity index (χ1v) is 24.9. The predicted molar refractivity (Wildman–Crippen MR) is 253 cm³/mol. The number of nitrogens with zero attached hydrogens (tertiary/aromatic N) is 4. The average Bonchev–Trinajstić information content (AvgIpc) is 4.18. The van der Waals surface area contributed by atoms with Crippen LogP contribution < -0.4 is 0 Å². The molecule has 2 aromatic heterocycles. The van der Waals surface area contributed by atoms with E-state index >= 15 is 0 Å². The molecule has 68 heavy (non-hydrogen) atoms. The summed E-state index contributed by atoms with van der Waals surface area (Å²) in [4.78, 5) is 40.3. The predicted octanol–water partition coefficient (Wildman–Crippen LogP) is 14.7. The Hall–Kier alpha value is -6.70. The third-order valence-corrected chi connectivity index (χ3v) is 18.9. The molecule has 334 valence electrons. The molecule has 0 radical (unpaired) electrons. The van der Waals surface area contributed by atoms with Gasteiger partial charge in [-0.1, -0.05) is 57.8 Å². The average molecular weight is 939 g/mol. The second kappa shape index (κ2) is 15.2. The lowest BCUT2D eigenvalue weighted by atomic mass is 9.58. The highest BCUT2D eigenvalue weighted by Crippen LogP contribution is 2.71. The number of carbonyl (C=O) groups is 2. The van der Waals surface area contributed by atoms with Gasteiger partial charge < -0.3 is 0 Å². The van der Waals surface area contributed by atoms with Crippen molar-refractivity contribution >= 4 is 57.5 Å². The number of allylic oxidation sites excluding steroid dienone is 10. The van der Waals surface area contributed by atoms with E-state index < -0.39 is 45.7 Å². The minimum Gasteiger partial charge on any atom is -0.289 e. The highest BCUT2D eigenvalue weighted by Gasteiger charge is 2.58. The Morgan fingerprint density at radius 1 is 0.529 bits per heavy atom. The molecule has 3 fully saturated rings. The zero-order valence-corrected chi connectivity index (χ0v) is 38.3. The summed E-state index contributed by atoms with van der Waals surface area (Å²) in [5.74, 6) is -5.76. The van der Waals surface area contributed by atoms with E-state index in [-0.39, 0.29) is 61.4 Å². The number of halogens is 4. The third kappa shape index (κ3) is 5.51. The molecule has 3 saturated carbocycles. The second-order valence-electron chi connectivity index (χ2n) is 19.5. The van der Waals surface area contributed by atoms with E-state index in [1.165, 1.54) is 32.0 Å². The maximum Gasteiger partial charge on any atom is 0.270 e. The van der Waals surface area contributed by atoms with E-state index in [1.54, 1.807) is 22.7 Å². The van der Waals surface area contributed by atoms with Gasteiger partial charge >= 0.3 is 0 Å². The Labute approximate surface area is 398 Å². The maximum absolute atomic E-state index is 14.8. The first-order chi connectivity index (χ1) is 32.9. The van der Waals surface area contributed by atoms with Crippen LogP contribution in [0.1, 0.15) is 160 Å². The lowest BCUT2D eigenvalue weighted by Crippen LogP contribution is -2.37. The van der Waals surface area contributed by atoms with Crippen LogP contribution in [0.3, 0.4) is 0 Å². The third-order valence-electron chi connectivity index (χ3n) is 16.5. The second-order valence-corrected chi connectivity index (χ2v) is 21.6. The largest absolute Gasteiger partial charge is 0.289 e. The number of fused-ring (bicyclic) bond motifs is 13. The van der Waals surface area contributed by atoms with Crippen LogP contribution in [0.2, 0.25) is 0 Å². The summed E-state index contributed by atoms with van der Waals surface area (Å²) in [6.45, 7) is 15.7. The number of carbonyl (C=O) groups excluding carboxylic acids is 2. The molecule has 2 heterocycles. The number of Topliss-reactive ketones (excluding diaryl/α,β-unsaturated/α-hetero) is 2. The van der Waals surface area contributed by atoms with E-state index in [0.717, 1.165) is 141 Å². The molecule has 0 N–H and O–H groups in total. The van der Waals surface area contributed by atoms with Gasteiger partial charge in [-0.25, -0.2) is 37.8 Å². The van der Waals surface area contributed by atoms with Crippen molar-refractivity contribution in [3.8, 4) is 21.9 Å². The molecule has 0 bridgehead atoms. The van der Waals surface area contributed by atoms with Crippen molar-refractivity contribution < 1.29 is 27.2 Å². The highest BCUT2D eigenvalue weighted by atomic mass is 32.1. The molecule has 12 heteroatoms. The van der Waals surface area contributed by atoms with Crippen LogP contribution in [0, 0.1) is 59.1 Å². The lowest BCUT2D eigenvalue weighted by Gasteiger charge is -2.44. The first-order valence-electron chi connectivity index (χ1n) is 23.3. The van der Waals surface area contributed by atoms with Gasteiger partial charge in [-0.2, -0.15) is 0 Å². The molecular weight excluding hydrogens is 901 g/mol. The molecule has 2 aromatic carbocycles. The molecule has 0 amide bonds. The Bertz CT molecular complexity index is 3220. The van der Waals surface area contributed by atoms with Crippen LogP contribution in [-0.2, 0) is 16.2 Å². The van der Waals surface area contributed by atoms with Gasteiger partial charge in [0.05, 0.1) is 25.3 Å². The Kier molecular flexibility index (Phi) is 9.50. The van der Waals surface area contributed by atoms with Crippen LogP contribution in [-0.4, -0.2) is 11.6 Å². The monoisotopic (exact) mass is 938 g/mol. The number of hydrogen-bond donors (Lipinski definition) is 0. The molecule has 4 aromatic rings. The van der Waals surface area contributed by atoms with Crippen molar-refractivity contribution in [2.75, 3.05) is 0 Å². The number of nitriles is 2. The van der Waals surface area contributed by atoms with Crippen molar-refractivity contribution in [3.05, 3.63) is 170 Å². The summed E-state index contributed by atoms with van der Waals surface area (Å²) < 4.78 is 59.0. The summed E-state index contributed by atoms with van der Waals surface area (Å²) in [5.41, 5.74) is 5.45. The number of rotatable bonds is 2. The van der Waals surface area contributed by atoms with Gasteiger partial charge in [-0.15, -0.1) is 22.7 Å². The van der Waals surface area contributed by atoms with Crippen LogP contribution >= 0.6 is 22.7 Å². The zero-order valence-electron chi connectivity index (χ0n) is 36.7. The lowest BCUT2D eigenvalue weighted by molar-refractivity contribution is 0.103. The highest BCUT2D eigenvalue weighted by molar-refractivity contribution is 7.23. The van der Waals surface area contributed by atoms with E-state index in [1.807, 2.05) is 24.3 Å². The molecular formula is C56H38F4N4O2S2.